The quantitative estimate of drug-likeness (QED) is 0.305. The molecule has 4 rings (SSSR count). The van der Waals surface area contributed by atoms with Crippen LogP contribution in [0.15, 0.2) is 63.3 Å². The summed E-state index contributed by atoms with van der Waals surface area (Å²) in [5, 5.41) is 1.60. The van der Waals surface area contributed by atoms with E-state index in [4.69, 9.17) is 23.2 Å². The lowest BCUT2D eigenvalue weighted by molar-refractivity contribution is 0.102. The van der Waals surface area contributed by atoms with E-state index in [0.717, 1.165) is 5.56 Å². The molecule has 0 saturated carbocycles. The van der Waals surface area contributed by atoms with Crippen LogP contribution in [0.3, 0.4) is 0 Å². The predicted octanol–water partition coefficient (Wildman–Crippen LogP) is 3.76. The molecule has 4 aromatic rings. The Kier molecular flexibility index (Phi) is 6.28. The number of benzene rings is 2. The molecule has 164 valence electrons. The molecule has 10 heteroatoms. The number of carbonyl (C=O) groups excluding carboxylic acids is 1. The molecule has 0 fully saturated rings. The highest BCUT2D eigenvalue weighted by Gasteiger charge is 2.20. The number of Topliss-reactive ketones (excluding diaryl/α,β-unsaturated/α-hetero) is 1. The normalized spacial score (nSPS) is 11.2. The third-order valence-electron chi connectivity index (χ3n) is 5.07. The van der Waals surface area contributed by atoms with Gasteiger partial charge in [0.25, 0.3) is 5.56 Å². The van der Waals surface area contributed by atoms with Crippen molar-refractivity contribution in [3.8, 4) is 0 Å². The van der Waals surface area contributed by atoms with Gasteiger partial charge in [0, 0.05) is 29.7 Å². The zero-order valence-electron chi connectivity index (χ0n) is 17.2. The van der Waals surface area contributed by atoms with Crippen LogP contribution >= 0.6 is 35.0 Å². The van der Waals surface area contributed by atoms with Crippen molar-refractivity contribution in [2.45, 2.75) is 11.7 Å². The monoisotopic (exact) mass is 488 g/mol. The van der Waals surface area contributed by atoms with Crippen molar-refractivity contribution >= 4 is 51.9 Å². The number of halogens is 2. The fraction of sp³-hybridized carbons (Fsp3) is 0.182. The molecule has 0 bridgehead atoms. The molecule has 0 atom stereocenters. The smallest absolute Gasteiger partial charge is 0.316 e. The van der Waals surface area contributed by atoms with E-state index in [-0.39, 0.29) is 23.7 Å². The summed E-state index contributed by atoms with van der Waals surface area (Å²) in [5.41, 5.74) is 0.976. The second-order valence-corrected chi connectivity index (χ2v) is 9.02. The third-order valence-corrected chi connectivity index (χ3v) is 6.61. The summed E-state index contributed by atoms with van der Waals surface area (Å²) in [6, 6.07) is 13.6. The number of fused-ring (bicyclic) bond motifs is 1. The van der Waals surface area contributed by atoms with E-state index in [9.17, 15) is 14.4 Å². The molecule has 7 nitrogen and oxygen atoms in total. The second-order valence-electron chi connectivity index (χ2n) is 7.20. The van der Waals surface area contributed by atoms with Gasteiger partial charge in [-0.1, -0.05) is 47.1 Å². The first kappa shape index (κ1) is 22.4. The molecule has 0 saturated heterocycles. The van der Waals surface area contributed by atoms with Gasteiger partial charge >= 0.3 is 5.69 Å². The first-order valence-electron chi connectivity index (χ1n) is 9.58. The van der Waals surface area contributed by atoms with Crippen LogP contribution in [0.4, 0.5) is 0 Å². The Balaban J connectivity index is 1.67. The van der Waals surface area contributed by atoms with Crippen LogP contribution in [0.25, 0.3) is 11.2 Å². The maximum absolute atomic E-state index is 13.2. The SMILES string of the molecule is Cn1c(SCC(=O)c2ccc(Cl)cc2)nc2c1c(=O)n(Cc1ccc(Cl)cc1)c(=O)n2C. The minimum atomic E-state index is -0.468. The maximum Gasteiger partial charge on any atom is 0.332 e. The number of ketones is 1. The van der Waals surface area contributed by atoms with Gasteiger partial charge in [0.05, 0.1) is 12.3 Å². The molecule has 0 aliphatic rings. The number of aromatic nitrogens is 4. The topological polar surface area (TPSA) is 78.9 Å². The standard InChI is InChI=1S/C22H18Cl2N4O3S/c1-26-18-19(25-21(26)32-12-17(29)14-5-9-16(24)10-6-14)27(2)22(31)28(20(18)30)11-13-3-7-15(23)8-4-13/h3-10H,11-12H2,1-2H3. The van der Waals surface area contributed by atoms with Crippen molar-refractivity contribution in [2.24, 2.45) is 14.1 Å². The molecule has 0 spiro atoms. The Morgan fingerprint density at radius 2 is 1.53 bits per heavy atom. The average molecular weight is 489 g/mol. The fourth-order valence-electron chi connectivity index (χ4n) is 3.31. The lowest BCUT2D eigenvalue weighted by Gasteiger charge is -2.09. The maximum atomic E-state index is 13.2. The van der Waals surface area contributed by atoms with Gasteiger partial charge in [-0.2, -0.15) is 0 Å². The van der Waals surface area contributed by atoms with Crippen LogP contribution in [0.5, 0.6) is 0 Å². The molecule has 0 unspecified atom stereocenters. The largest absolute Gasteiger partial charge is 0.332 e. The van der Waals surface area contributed by atoms with Crippen molar-refractivity contribution in [1.82, 2.24) is 18.7 Å². The Hall–Kier alpha value is -2.81. The van der Waals surface area contributed by atoms with Gasteiger partial charge in [-0.25, -0.2) is 9.78 Å². The molecule has 32 heavy (non-hydrogen) atoms. The van der Waals surface area contributed by atoms with Crippen LogP contribution in [0.1, 0.15) is 15.9 Å². The van der Waals surface area contributed by atoms with E-state index in [1.54, 1.807) is 67.2 Å². The fourth-order valence-corrected chi connectivity index (χ4v) is 4.43. The Morgan fingerprint density at radius 3 is 2.16 bits per heavy atom. The number of rotatable bonds is 6. The minimum absolute atomic E-state index is 0.0900. The van der Waals surface area contributed by atoms with Crippen LogP contribution < -0.4 is 11.2 Å². The number of aryl methyl sites for hydroxylation is 2. The first-order valence-corrected chi connectivity index (χ1v) is 11.3. The van der Waals surface area contributed by atoms with Gasteiger partial charge in [0.2, 0.25) is 0 Å². The summed E-state index contributed by atoms with van der Waals surface area (Å²) >= 11 is 13.0. The van der Waals surface area contributed by atoms with Crippen molar-refractivity contribution in [3.05, 3.63) is 90.5 Å². The molecular weight excluding hydrogens is 471 g/mol. The molecule has 0 aliphatic heterocycles. The first-order chi connectivity index (χ1) is 15.3. The van der Waals surface area contributed by atoms with Crippen molar-refractivity contribution in [2.75, 3.05) is 5.75 Å². The van der Waals surface area contributed by atoms with E-state index < -0.39 is 11.2 Å². The summed E-state index contributed by atoms with van der Waals surface area (Å²) in [5.74, 6) is 0.0406. The average Bonchev–Trinajstić information content (AvgIpc) is 3.11. The number of thioether (sulfide) groups is 1. The van der Waals surface area contributed by atoms with Gasteiger partial charge in [-0.3, -0.25) is 18.7 Å². The molecule has 2 aromatic carbocycles. The van der Waals surface area contributed by atoms with E-state index in [0.29, 0.717) is 26.3 Å². The molecule has 0 aliphatic carbocycles. The Morgan fingerprint density at radius 1 is 0.938 bits per heavy atom. The van der Waals surface area contributed by atoms with E-state index in [1.807, 2.05) is 0 Å². The molecule has 2 heterocycles. The Bertz CT molecular complexity index is 1440. The number of hydrogen-bond acceptors (Lipinski definition) is 5. The third kappa shape index (κ3) is 4.26. The molecular formula is C22H18Cl2N4O3S. The molecule has 0 radical (unpaired) electrons. The minimum Gasteiger partial charge on any atom is -0.316 e. The van der Waals surface area contributed by atoms with E-state index in [1.165, 1.54) is 20.9 Å². The van der Waals surface area contributed by atoms with Crippen LogP contribution in [-0.2, 0) is 20.6 Å². The van der Waals surface area contributed by atoms with Gasteiger partial charge in [0.15, 0.2) is 22.1 Å². The summed E-state index contributed by atoms with van der Waals surface area (Å²) in [6.45, 7) is 0.112. The summed E-state index contributed by atoms with van der Waals surface area (Å²) < 4.78 is 4.13. The lowest BCUT2D eigenvalue weighted by atomic mass is 10.1. The van der Waals surface area contributed by atoms with Gasteiger partial charge in [-0.15, -0.1) is 0 Å². The number of imidazole rings is 1. The number of hydrogen-bond donors (Lipinski definition) is 0. The van der Waals surface area contributed by atoms with Crippen LogP contribution in [-0.4, -0.2) is 30.2 Å². The highest BCUT2D eigenvalue weighted by Crippen LogP contribution is 2.22. The summed E-state index contributed by atoms with van der Waals surface area (Å²) in [7, 11) is 3.27. The highest BCUT2D eigenvalue weighted by molar-refractivity contribution is 7.99. The number of nitrogens with zero attached hydrogens (tertiary/aromatic N) is 4. The van der Waals surface area contributed by atoms with E-state index in [2.05, 4.69) is 4.98 Å². The van der Waals surface area contributed by atoms with Gasteiger partial charge in [0.1, 0.15) is 0 Å². The lowest BCUT2D eigenvalue weighted by Crippen LogP contribution is -2.39. The summed E-state index contributed by atoms with van der Waals surface area (Å²) in [4.78, 5) is 43.0. The van der Waals surface area contributed by atoms with Crippen LogP contribution in [0, 0.1) is 0 Å². The van der Waals surface area contributed by atoms with Gasteiger partial charge in [-0.05, 0) is 42.0 Å². The van der Waals surface area contributed by atoms with Crippen molar-refractivity contribution in [3.63, 3.8) is 0 Å². The molecule has 0 N–H and O–H groups in total. The Labute approximate surface area is 197 Å². The molecule has 0 amide bonds. The highest BCUT2D eigenvalue weighted by atomic mass is 35.5. The van der Waals surface area contributed by atoms with Gasteiger partial charge < -0.3 is 4.57 Å². The predicted molar refractivity (Wildman–Crippen MR) is 127 cm³/mol. The number of carbonyl (C=O) groups is 1. The van der Waals surface area contributed by atoms with E-state index >= 15 is 0 Å². The van der Waals surface area contributed by atoms with Crippen LogP contribution in [0.2, 0.25) is 10.0 Å². The zero-order chi connectivity index (χ0) is 23.0. The zero-order valence-corrected chi connectivity index (χ0v) is 19.5. The second kappa shape index (κ2) is 8.97. The summed E-state index contributed by atoms with van der Waals surface area (Å²) in [6.07, 6.45) is 0. The molecule has 2 aromatic heterocycles. The van der Waals surface area contributed by atoms with Crippen molar-refractivity contribution in [1.29, 1.82) is 0 Å². The van der Waals surface area contributed by atoms with Crippen molar-refractivity contribution < 1.29 is 4.79 Å².